The summed E-state index contributed by atoms with van der Waals surface area (Å²) in [6.07, 6.45) is 0. The first-order chi connectivity index (χ1) is 26.4. The highest BCUT2D eigenvalue weighted by molar-refractivity contribution is 6.03. The molecule has 0 bridgehead atoms. The van der Waals surface area contributed by atoms with Crippen LogP contribution in [0.2, 0.25) is 0 Å². The van der Waals surface area contributed by atoms with Crippen molar-refractivity contribution >= 4 is 34.1 Å². The molecule has 0 aromatic heterocycles. The summed E-state index contributed by atoms with van der Waals surface area (Å²) in [6, 6.07) is 61.1. The number of phenols is 4. The third-order valence-corrected chi connectivity index (χ3v) is 9.34. The lowest BCUT2D eigenvalue weighted by molar-refractivity contribution is 0.475. The maximum Gasteiger partial charge on any atom is 0.117 e. The molecule has 6 nitrogen and oxygen atoms in total. The summed E-state index contributed by atoms with van der Waals surface area (Å²) in [5.74, 6) is 0.549. The molecule has 54 heavy (non-hydrogen) atoms. The Morgan fingerprint density at radius 3 is 1.22 bits per heavy atom. The molecular weight excluding hydrogens is 669 g/mol. The van der Waals surface area contributed by atoms with Gasteiger partial charge in [0, 0.05) is 46.1 Å². The first-order valence-corrected chi connectivity index (χ1v) is 17.6. The van der Waals surface area contributed by atoms with Crippen molar-refractivity contribution in [2.24, 2.45) is 0 Å². The van der Waals surface area contributed by atoms with Gasteiger partial charge in [-0.3, -0.25) is 0 Å². The second-order valence-corrected chi connectivity index (χ2v) is 12.9. The molecule has 0 aliphatic carbocycles. The Morgan fingerprint density at radius 1 is 0.278 bits per heavy atom. The van der Waals surface area contributed by atoms with Crippen LogP contribution in [0.5, 0.6) is 23.0 Å². The Balaban J connectivity index is 1.38. The summed E-state index contributed by atoms with van der Waals surface area (Å²) in [4.78, 5) is 4.18. The van der Waals surface area contributed by atoms with Gasteiger partial charge in [0.25, 0.3) is 0 Å². The van der Waals surface area contributed by atoms with E-state index in [4.69, 9.17) is 0 Å². The summed E-state index contributed by atoms with van der Waals surface area (Å²) in [5, 5.41) is 42.7. The Hall–Kier alpha value is -7.44. The fraction of sp³-hybridized carbons (Fsp3) is 0. The van der Waals surface area contributed by atoms with Crippen molar-refractivity contribution in [3.05, 3.63) is 194 Å². The number of anilines is 6. The maximum atomic E-state index is 10.8. The minimum atomic E-state index is 0.117. The van der Waals surface area contributed by atoms with E-state index in [0.29, 0.717) is 0 Å². The Bertz CT molecular complexity index is 2560. The summed E-state index contributed by atoms with van der Waals surface area (Å²) in [5.41, 5.74) is 10.1. The smallest absolute Gasteiger partial charge is 0.117 e. The molecule has 0 aliphatic rings. The molecule has 4 N–H and O–H groups in total. The van der Waals surface area contributed by atoms with Gasteiger partial charge in [0.2, 0.25) is 0 Å². The van der Waals surface area contributed by atoms with Crippen LogP contribution in [-0.2, 0) is 0 Å². The summed E-state index contributed by atoms with van der Waals surface area (Å²) >= 11 is 0. The second-order valence-electron chi connectivity index (χ2n) is 12.9. The van der Waals surface area contributed by atoms with Crippen LogP contribution >= 0.6 is 0 Å². The predicted molar refractivity (Wildman–Crippen MR) is 219 cm³/mol. The maximum absolute atomic E-state index is 10.8. The van der Waals surface area contributed by atoms with Crippen LogP contribution in [0, 0.1) is 0 Å². The Morgan fingerprint density at radius 2 is 0.704 bits per heavy atom. The Labute approximate surface area is 314 Å². The first-order valence-electron chi connectivity index (χ1n) is 17.6. The van der Waals surface area contributed by atoms with Gasteiger partial charge in [-0.25, -0.2) is 0 Å². The van der Waals surface area contributed by atoms with Crippen molar-refractivity contribution in [3.63, 3.8) is 0 Å². The van der Waals surface area contributed by atoms with Crippen molar-refractivity contribution in [2.75, 3.05) is 9.80 Å². The van der Waals surface area contributed by atoms with Crippen molar-refractivity contribution in [1.29, 1.82) is 0 Å². The zero-order valence-corrected chi connectivity index (χ0v) is 29.2. The van der Waals surface area contributed by atoms with Gasteiger partial charge in [0.05, 0.1) is 5.69 Å². The molecule has 0 unspecified atom stereocenters. The zero-order chi connectivity index (χ0) is 37.0. The second kappa shape index (κ2) is 14.7. The number of benzene rings is 8. The molecule has 0 aliphatic heterocycles. The predicted octanol–water partition coefficient (Wildman–Crippen LogP) is 12.4. The molecule has 0 fully saturated rings. The molecule has 8 aromatic carbocycles. The normalized spacial score (nSPS) is 10.9. The topological polar surface area (TPSA) is 87.4 Å². The van der Waals surface area contributed by atoms with Crippen molar-refractivity contribution in [2.45, 2.75) is 0 Å². The number of hydrogen-bond acceptors (Lipinski definition) is 6. The van der Waals surface area contributed by atoms with Gasteiger partial charge in [-0.05, 0) is 119 Å². The van der Waals surface area contributed by atoms with Gasteiger partial charge in [0.1, 0.15) is 23.0 Å². The molecule has 6 heteroatoms. The highest BCUT2D eigenvalue weighted by Gasteiger charge is 2.25. The van der Waals surface area contributed by atoms with E-state index in [1.54, 1.807) is 48.5 Å². The largest absolute Gasteiger partial charge is 0.508 e. The molecule has 0 heterocycles. The van der Waals surface area contributed by atoms with E-state index in [9.17, 15) is 20.4 Å². The van der Waals surface area contributed by atoms with Crippen molar-refractivity contribution < 1.29 is 20.4 Å². The number of para-hydroxylation sites is 2. The van der Waals surface area contributed by atoms with E-state index in [1.807, 2.05) is 109 Å². The van der Waals surface area contributed by atoms with Gasteiger partial charge in [-0.15, -0.1) is 0 Å². The van der Waals surface area contributed by atoms with Gasteiger partial charge in [-0.1, -0.05) is 91.0 Å². The first kappa shape index (κ1) is 33.7. The van der Waals surface area contributed by atoms with Crippen molar-refractivity contribution in [3.8, 4) is 56.4 Å². The lowest BCUT2D eigenvalue weighted by Crippen LogP contribution is -2.12. The lowest BCUT2D eigenvalue weighted by atomic mass is 9.85. The molecular formula is C48H36N2O4. The quantitative estimate of drug-likeness (QED) is 0.120. The number of hydrogen-bond donors (Lipinski definition) is 4. The van der Waals surface area contributed by atoms with Crippen LogP contribution in [0.4, 0.5) is 34.1 Å². The monoisotopic (exact) mass is 704 g/mol. The lowest BCUT2D eigenvalue weighted by Gasteiger charge is -2.30. The minimum absolute atomic E-state index is 0.117. The van der Waals surface area contributed by atoms with E-state index in [1.165, 1.54) is 0 Å². The Kier molecular flexibility index (Phi) is 9.14. The minimum Gasteiger partial charge on any atom is -0.508 e. The van der Waals surface area contributed by atoms with Gasteiger partial charge in [-0.2, -0.15) is 0 Å². The summed E-state index contributed by atoms with van der Waals surface area (Å²) in [7, 11) is 0. The molecule has 0 saturated carbocycles. The molecule has 0 atom stereocenters. The number of aromatic hydroxyl groups is 4. The molecule has 0 amide bonds. The molecule has 0 saturated heterocycles. The molecule has 8 aromatic rings. The van der Waals surface area contributed by atoms with Gasteiger partial charge < -0.3 is 30.2 Å². The third kappa shape index (κ3) is 6.79. The molecule has 262 valence electrons. The van der Waals surface area contributed by atoms with E-state index in [0.717, 1.165) is 67.5 Å². The fourth-order valence-corrected chi connectivity index (χ4v) is 7.02. The third-order valence-electron chi connectivity index (χ3n) is 9.34. The van der Waals surface area contributed by atoms with E-state index < -0.39 is 0 Å². The molecule has 8 rings (SSSR count). The summed E-state index contributed by atoms with van der Waals surface area (Å²) in [6.45, 7) is 0. The average Bonchev–Trinajstić information content (AvgIpc) is 3.19. The van der Waals surface area contributed by atoms with E-state index in [2.05, 4.69) is 46.2 Å². The van der Waals surface area contributed by atoms with Crippen LogP contribution in [0.1, 0.15) is 0 Å². The van der Waals surface area contributed by atoms with Gasteiger partial charge >= 0.3 is 0 Å². The highest BCUT2D eigenvalue weighted by Crippen LogP contribution is 2.50. The van der Waals surface area contributed by atoms with Crippen LogP contribution in [-0.4, -0.2) is 20.4 Å². The standard InChI is InChI=1S/C48H36N2O4/c51-41-19-7-11-34(29-41)47-45(33-23-25-38(26-24-33)49(36-13-3-1-4-14-36)39-17-9-21-43(53)31-39)27-28-46(48(47)35-12-8-20-42(52)30-35)50(37-15-5-2-6-16-37)40-18-10-22-44(54)32-40/h1-32,51-54H. The van der Waals surface area contributed by atoms with E-state index >= 15 is 0 Å². The van der Waals surface area contributed by atoms with Crippen LogP contribution in [0.25, 0.3) is 33.4 Å². The zero-order valence-electron chi connectivity index (χ0n) is 29.2. The number of nitrogens with zero attached hydrogens (tertiary/aromatic N) is 2. The highest BCUT2D eigenvalue weighted by atomic mass is 16.3. The van der Waals surface area contributed by atoms with Crippen LogP contribution in [0.15, 0.2) is 194 Å². The van der Waals surface area contributed by atoms with E-state index in [-0.39, 0.29) is 23.0 Å². The van der Waals surface area contributed by atoms with Crippen LogP contribution in [0.3, 0.4) is 0 Å². The molecule has 0 spiro atoms. The summed E-state index contributed by atoms with van der Waals surface area (Å²) < 4.78 is 0. The van der Waals surface area contributed by atoms with Crippen molar-refractivity contribution in [1.82, 2.24) is 0 Å². The SMILES string of the molecule is Oc1cccc(-c2c(-c3ccc(N(c4ccccc4)c4cccc(O)c4)cc3)ccc(N(c3ccccc3)c3cccc(O)c3)c2-c2cccc(O)c2)c1. The van der Waals surface area contributed by atoms with Gasteiger partial charge in [0.15, 0.2) is 0 Å². The van der Waals surface area contributed by atoms with Crippen LogP contribution < -0.4 is 9.80 Å². The fourth-order valence-electron chi connectivity index (χ4n) is 7.02. The number of rotatable bonds is 9. The number of phenolic OH excluding ortho intramolecular Hbond substituents is 4. The molecule has 0 radical (unpaired) electrons. The average molecular weight is 705 g/mol.